The Morgan fingerprint density at radius 1 is 1.47 bits per heavy atom. The topological polar surface area (TPSA) is 30.5 Å². The second-order valence-corrected chi connectivity index (χ2v) is 4.33. The van der Waals surface area contributed by atoms with Crippen LogP contribution in [0, 0.1) is 0 Å². The van der Waals surface area contributed by atoms with Gasteiger partial charge in [-0.25, -0.2) is 0 Å². The van der Waals surface area contributed by atoms with Gasteiger partial charge in [-0.1, -0.05) is 25.1 Å². The van der Waals surface area contributed by atoms with Crippen LogP contribution in [0.4, 0.5) is 0 Å². The van der Waals surface area contributed by atoms with E-state index in [-0.39, 0.29) is 0 Å². The molecule has 2 rings (SSSR count). The molecular formula is C14H21NO2. The average molecular weight is 235 g/mol. The number of fused-ring (bicyclic) bond motifs is 1. The first-order valence-corrected chi connectivity index (χ1v) is 6.33. The van der Waals surface area contributed by atoms with Crippen LogP contribution < -0.4 is 10.1 Å². The highest BCUT2D eigenvalue weighted by molar-refractivity contribution is 5.45. The molecule has 0 radical (unpaired) electrons. The van der Waals surface area contributed by atoms with Gasteiger partial charge in [0.1, 0.15) is 5.75 Å². The molecule has 94 valence electrons. The van der Waals surface area contributed by atoms with Crippen molar-refractivity contribution in [1.29, 1.82) is 0 Å². The fourth-order valence-electron chi connectivity index (χ4n) is 2.36. The van der Waals surface area contributed by atoms with Gasteiger partial charge in [0, 0.05) is 31.7 Å². The lowest BCUT2D eigenvalue weighted by atomic mass is 9.99. The number of hydrogen-bond donors (Lipinski definition) is 1. The summed E-state index contributed by atoms with van der Waals surface area (Å²) in [6.07, 6.45) is 2.01. The van der Waals surface area contributed by atoms with Crippen molar-refractivity contribution in [3.05, 3.63) is 29.3 Å². The summed E-state index contributed by atoms with van der Waals surface area (Å²) < 4.78 is 10.9. The van der Waals surface area contributed by atoms with E-state index in [2.05, 4.69) is 30.4 Å². The zero-order valence-corrected chi connectivity index (χ0v) is 10.7. The predicted molar refractivity (Wildman–Crippen MR) is 68.6 cm³/mol. The number of nitrogens with one attached hydrogen (secondary N) is 1. The van der Waals surface area contributed by atoms with Gasteiger partial charge in [0.2, 0.25) is 0 Å². The molecule has 1 N–H and O–H groups in total. The lowest BCUT2D eigenvalue weighted by molar-refractivity contribution is 0.182. The SMILES string of the molecule is CCNC(CCOC)c1cccc2c1OCC2. The highest BCUT2D eigenvalue weighted by Crippen LogP contribution is 2.34. The molecule has 0 amide bonds. The molecular weight excluding hydrogens is 214 g/mol. The third-order valence-electron chi connectivity index (χ3n) is 3.18. The summed E-state index contributed by atoms with van der Waals surface area (Å²) >= 11 is 0. The molecule has 1 unspecified atom stereocenters. The van der Waals surface area contributed by atoms with E-state index < -0.39 is 0 Å². The monoisotopic (exact) mass is 235 g/mol. The van der Waals surface area contributed by atoms with E-state index in [4.69, 9.17) is 9.47 Å². The van der Waals surface area contributed by atoms with E-state index in [9.17, 15) is 0 Å². The van der Waals surface area contributed by atoms with E-state index in [1.54, 1.807) is 7.11 Å². The molecule has 1 aromatic carbocycles. The summed E-state index contributed by atoms with van der Waals surface area (Å²) in [5.74, 6) is 1.09. The zero-order chi connectivity index (χ0) is 12.1. The first-order chi connectivity index (χ1) is 8.36. The number of ether oxygens (including phenoxy) is 2. The molecule has 1 atom stereocenters. The smallest absolute Gasteiger partial charge is 0.127 e. The minimum absolute atomic E-state index is 0.327. The highest BCUT2D eigenvalue weighted by Gasteiger charge is 2.21. The molecule has 0 spiro atoms. The Kier molecular flexibility index (Phi) is 4.40. The van der Waals surface area contributed by atoms with Crippen molar-refractivity contribution in [2.75, 3.05) is 26.9 Å². The molecule has 3 nitrogen and oxygen atoms in total. The third kappa shape index (κ3) is 2.79. The van der Waals surface area contributed by atoms with E-state index in [0.717, 1.165) is 38.3 Å². The van der Waals surface area contributed by atoms with Crippen LogP contribution in [0.1, 0.15) is 30.5 Å². The fraction of sp³-hybridized carbons (Fsp3) is 0.571. The van der Waals surface area contributed by atoms with Crippen molar-refractivity contribution in [2.24, 2.45) is 0 Å². The Bertz CT molecular complexity index is 365. The minimum atomic E-state index is 0.327. The van der Waals surface area contributed by atoms with Gasteiger partial charge in [-0.15, -0.1) is 0 Å². The standard InChI is InChI=1S/C14H21NO2/c1-3-15-13(8-9-16-2)12-6-4-5-11-7-10-17-14(11)12/h4-6,13,15H,3,7-10H2,1-2H3. The molecule has 0 saturated heterocycles. The summed E-state index contributed by atoms with van der Waals surface area (Å²) in [5, 5.41) is 3.50. The number of benzene rings is 1. The van der Waals surface area contributed by atoms with Gasteiger partial charge in [0.05, 0.1) is 6.61 Å². The largest absolute Gasteiger partial charge is 0.493 e. The molecule has 0 bridgehead atoms. The van der Waals surface area contributed by atoms with Gasteiger partial charge in [0.25, 0.3) is 0 Å². The van der Waals surface area contributed by atoms with Crippen molar-refractivity contribution >= 4 is 0 Å². The fourth-order valence-corrected chi connectivity index (χ4v) is 2.36. The van der Waals surface area contributed by atoms with Crippen molar-refractivity contribution in [3.8, 4) is 5.75 Å². The van der Waals surface area contributed by atoms with Crippen molar-refractivity contribution < 1.29 is 9.47 Å². The lowest BCUT2D eigenvalue weighted by Crippen LogP contribution is -2.22. The number of rotatable bonds is 6. The van der Waals surface area contributed by atoms with Gasteiger partial charge in [-0.2, -0.15) is 0 Å². The molecule has 0 aliphatic carbocycles. The Morgan fingerprint density at radius 2 is 2.35 bits per heavy atom. The van der Waals surface area contributed by atoms with Crippen LogP contribution in [0.15, 0.2) is 18.2 Å². The van der Waals surface area contributed by atoms with Crippen molar-refractivity contribution in [2.45, 2.75) is 25.8 Å². The van der Waals surface area contributed by atoms with Crippen LogP contribution in [0.2, 0.25) is 0 Å². The Balaban J connectivity index is 2.20. The van der Waals surface area contributed by atoms with E-state index in [1.165, 1.54) is 11.1 Å². The quantitative estimate of drug-likeness (QED) is 0.820. The average Bonchev–Trinajstić information content (AvgIpc) is 2.82. The number of methoxy groups -OCH3 is 1. The summed E-state index contributed by atoms with van der Waals surface area (Å²) in [7, 11) is 1.74. The first kappa shape index (κ1) is 12.4. The van der Waals surface area contributed by atoms with Gasteiger partial charge in [0.15, 0.2) is 0 Å². The maximum atomic E-state index is 5.76. The minimum Gasteiger partial charge on any atom is -0.493 e. The Labute approximate surface area is 103 Å². The van der Waals surface area contributed by atoms with Gasteiger partial charge in [-0.3, -0.25) is 0 Å². The molecule has 1 heterocycles. The molecule has 1 aliphatic heterocycles. The normalized spacial score (nSPS) is 15.4. The second kappa shape index (κ2) is 6.03. The van der Waals surface area contributed by atoms with E-state index >= 15 is 0 Å². The van der Waals surface area contributed by atoms with Crippen LogP contribution in [0.3, 0.4) is 0 Å². The summed E-state index contributed by atoms with van der Waals surface area (Å²) in [6.45, 7) is 4.67. The van der Waals surface area contributed by atoms with Crippen LogP contribution >= 0.6 is 0 Å². The molecule has 17 heavy (non-hydrogen) atoms. The van der Waals surface area contributed by atoms with Crippen LogP contribution in [-0.2, 0) is 11.2 Å². The van der Waals surface area contributed by atoms with Gasteiger partial charge >= 0.3 is 0 Å². The second-order valence-electron chi connectivity index (χ2n) is 4.33. The summed E-state index contributed by atoms with van der Waals surface area (Å²) in [4.78, 5) is 0. The summed E-state index contributed by atoms with van der Waals surface area (Å²) in [6, 6.07) is 6.77. The summed E-state index contributed by atoms with van der Waals surface area (Å²) in [5.41, 5.74) is 2.61. The van der Waals surface area contributed by atoms with Crippen LogP contribution in [-0.4, -0.2) is 26.9 Å². The maximum Gasteiger partial charge on any atom is 0.127 e. The molecule has 1 aliphatic rings. The van der Waals surface area contributed by atoms with Gasteiger partial charge in [-0.05, 0) is 18.5 Å². The molecule has 0 aromatic heterocycles. The number of para-hydroxylation sites is 1. The van der Waals surface area contributed by atoms with E-state index in [1.807, 2.05) is 0 Å². The first-order valence-electron chi connectivity index (χ1n) is 6.33. The molecule has 0 saturated carbocycles. The maximum absolute atomic E-state index is 5.76. The number of hydrogen-bond acceptors (Lipinski definition) is 3. The van der Waals surface area contributed by atoms with Crippen molar-refractivity contribution in [3.63, 3.8) is 0 Å². The highest BCUT2D eigenvalue weighted by atomic mass is 16.5. The van der Waals surface area contributed by atoms with Crippen LogP contribution in [0.5, 0.6) is 5.75 Å². The molecule has 3 heteroatoms. The Hall–Kier alpha value is -1.06. The van der Waals surface area contributed by atoms with Gasteiger partial charge < -0.3 is 14.8 Å². The van der Waals surface area contributed by atoms with Crippen molar-refractivity contribution in [1.82, 2.24) is 5.32 Å². The molecule has 1 aromatic rings. The van der Waals surface area contributed by atoms with E-state index in [0.29, 0.717) is 6.04 Å². The zero-order valence-electron chi connectivity index (χ0n) is 10.7. The lowest BCUT2D eigenvalue weighted by Gasteiger charge is -2.20. The molecule has 0 fully saturated rings. The van der Waals surface area contributed by atoms with Crippen LogP contribution in [0.25, 0.3) is 0 Å². The third-order valence-corrected chi connectivity index (χ3v) is 3.18. The predicted octanol–water partition coefficient (Wildman–Crippen LogP) is 2.31. The Morgan fingerprint density at radius 3 is 3.12 bits per heavy atom.